The van der Waals surface area contributed by atoms with Gasteiger partial charge in [0, 0.05) is 16.5 Å². The first-order valence-corrected chi connectivity index (χ1v) is 5.98. The average molecular weight is 283 g/mol. The van der Waals surface area contributed by atoms with Gasteiger partial charge in [0.05, 0.1) is 19.3 Å². The number of benzene rings is 1. The van der Waals surface area contributed by atoms with Crippen molar-refractivity contribution in [1.29, 1.82) is 0 Å². The molecular weight excluding hydrogens is 268 g/mol. The Hall–Kier alpha value is -0.820. The van der Waals surface area contributed by atoms with E-state index in [0.29, 0.717) is 13.0 Å². The van der Waals surface area contributed by atoms with E-state index in [1.165, 1.54) is 0 Å². The van der Waals surface area contributed by atoms with Crippen molar-refractivity contribution in [3.8, 4) is 11.8 Å². The molecule has 0 aliphatic rings. The summed E-state index contributed by atoms with van der Waals surface area (Å²) in [6, 6.07) is 7.87. The molecule has 1 aromatic rings. The molecule has 0 radical (unpaired) electrons. The number of hydrogen-bond donors (Lipinski definition) is 1. The molecule has 0 saturated heterocycles. The monoisotopic (exact) mass is 282 g/mol. The summed E-state index contributed by atoms with van der Waals surface area (Å²) in [6.45, 7) is 2.39. The van der Waals surface area contributed by atoms with Crippen LogP contribution in [-0.4, -0.2) is 24.4 Å². The van der Waals surface area contributed by atoms with Gasteiger partial charge in [-0.3, -0.25) is 0 Å². The third-order valence-electron chi connectivity index (χ3n) is 1.96. The smallest absolute Gasteiger partial charge is 0.0701 e. The summed E-state index contributed by atoms with van der Waals surface area (Å²) in [4.78, 5) is 0. The zero-order valence-corrected chi connectivity index (χ0v) is 10.8. The second-order valence-corrected chi connectivity index (χ2v) is 4.33. The summed E-state index contributed by atoms with van der Waals surface area (Å²) in [7, 11) is 0. The Labute approximate surface area is 105 Å². The van der Waals surface area contributed by atoms with E-state index in [1.54, 1.807) is 0 Å². The Bertz CT molecular complexity index is 362. The van der Waals surface area contributed by atoms with Crippen molar-refractivity contribution in [3.05, 3.63) is 34.3 Å². The summed E-state index contributed by atoms with van der Waals surface area (Å²) in [5, 5.41) is 8.58. The molecule has 1 unspecified atom stereocenters. The molecule has 0 saturated carbocycles. The number of hydrogen-bond acceptors (Lipinski definition) is 2. The number of rotatable bonds is 4. The van der Waals surface area contributed by atoms with Crippen LogP contribution in [-0.2, 0) is 4.74 Å². The second-order valence-electron chi connectivity index (χ2n) is 3.42. The van der Waals surface area contributed by atoms with Gasteiger partial charge in [0.15, 0.2) is 0 Å². The summed E-state index contributed by atoms with van der Waals surface area (Å²) in [5.74, 6) is 6.12. The van der Waals surface area contributed by atoms with Gasteiger partial charge in [0.25, 0.3) is 0 Å². The van der Waals surface area contributed by atoms with Crippen molar-refractivity contribution < 1.29 is 9.84 Å². The maximum absolute atomic E-state index is 8.58. The van der Waals surface area contributed by atoms with Crippen LogP contribution in [0.3, 0.4) is 0 Å². The van der Waals surface area contributed by atoms with E-state index in [4.69, 9.17) is 9.84 Å². The molecule has 1 aromatic carbocycles. The minimum absolute atomic E-state index is 0.0600. The molecule has 0 aliphatic carbocycles. The molecule has 0 heterocycles. The van der Waals surface area contributed by atoms with Gasteiger partial charge in [0.2, 0.25) is 0 Å². The fourth-order valence-corrected chi connectivity index (χ4v) is 1.41. The van der Waals surface area contributed by atoms with E-state index in [-0.39, 0.29) is 12.7 Å². The number of ether oxygens (including phenoxy) is 1. The highest BCUT2D eigenvalue weighted by atomic mass is 79.9. The Morgan fingerprint density at radius 1 is 1.38 bits per heavy atom. The molecular formula is C13H15BrO2. The van der Waals surface area contributed by atoms with E-state index in [2.05, 4.69) is 27.8 Å². The van der Waals surface area contributed by atoms with Crippen molar-refractivity contribution in [3.63, 3.8) is 0 Å². The molecule has 0 aliphatic heterocycles. The van der Waals surface area contributed by atoms with Crippen LogP contribution >= 0.6 is 15.9 Å². The van der Waals surface area contributed by atoms with Crippen LogP contribution in [0.4, 0.5) is 0 Å². The topological polar surface area (TPSA) is 29.5 Å². The van der Waals surface area contributed by atoms with E-state index in [9.17, 15) is 0 Å². The number of aliphatic hydroxyl groups excluding tert-OH is 1. The van der Waals surface area contributed by atoms with E-state index >= 15 is 0 Å². The quantitative estimate of drug-likeness (QED) is 0.861. The lowest BCUT2D eigenvalue weighted by Gasteiger charge is -2.07. The van der Waals surface area contributed by atoms with Crippen LogP contribution in [0.1, 0.15) is 18.9 Å². The zero-order chi connectivity index (χ0) is 11.8. The molecule has 0 spiro atoms. The van der Waals surface area contributed by atoms with Gasteiger partial charge in [-0.2, -0.15) is 0 Å². The lowest BCUT2D eigenvalue weighted by Crippen LogP contribution is -2.10. The molecule has 86 valence electrons. The number of halogens is 1. The molecule has 1 atom stereocenters. The third-order valence-corrected chi connectivity index (χ3v) is 2.49. The lowest BCUT2D eigenvalue weighted by atomic mass is 10.2. The molecule has 0 aromatic heterocycles. The summed E-state index contributed by atoms with van der Waals surface area (Å²) >= 11 is 3.37. The number of aliphatic hydroxyl groups is 1. The molecule has 2 nitrogen and oxygen atoms in total. The molecule has 0 fully saturated rings. The van der Waals surface area contributed by atoms with Crippen molar-refractivity contribution in [2.45, 2.75) is 19.4 Å². The summed E-state index contributed by atoms with van der Waals surface area (Å²) < 4.78 is 6.34. The van der Waals surface area contributed by atoms with Gasteiger partial charge >= 0.3 is 0 Å². The Kier molecular flexibility index (Phi) is 6.17. The van der Waals surface area contributed by atoms with E-state index in [0.717, 1.165) is 10.0 Å². The van der Waals surface area contributed by atoms with Gasteiger partial charge in [-0.25, -0.2) is 0 Å². The van der Waals surface area contributed by atoms with Crippen molar-refractivity contribution in [2.24, 2.45) is 0 Å². The van der Waals surface area contributed by atoms with Crippen molar-refractivity contribution >= 4 is 15.9 Å². The maximum Gasteiger partial charge on any atom is 0.0701 e. The van der Waals surface area contributed by atoms with Gasteiger partial charge < -0.3 is 9.84 Å². The van der Waals surface area contributed by atoms with Crippen LogP contribution in [0.15, 0.2) is 28.7 Å². The van der Waals surface area contributed by atoms with Crippen molar-refractivity contribution in [2.75, 3.05) is 13.2 Å². The molecule has 16 heavy (non-hydrogen) atoms. The predicted molar refractivity (Wildman–Crippen MR) is 68.1 cm³/mol. The first-order chi connectivity index (χ1) is 7.72. The minimum Gasteiger partial charge on any atom is -0.394 e. The van der Waals surface area contributed by atoms with Gasteiger partial charge in [-0.1, -0.05) is 27.8 Å². The first kappa shape index (κ1) is 13.2. The Morgan fingerprint density at radius 3 is 2.69 bits per heavy atom. The van der Waals surface area contributed by atoms with Crippen molar-refractivity contribution in [1.82, 2.24) is 0 Å². The van der Waals surface area contributed by atoms with Crippen LogP contribution in [0.5, 0.6) is 0 Å². The average Bonchev–Trinajstić information content (AvgIpc) is 2.29. The highest BCUT2D eigenvalue weighted by Crippen LogP contribution is 2.09. The highest BCUT2D eigenvalue weighted by Gasteiger charge is 1.97. The molecule has 1 rings (SSSR count). The van der Waals surface area contributed by atoms with E-state index in [1.807, 2.05) is 31.2 Å². The zero-order valence-electron chi connectivity index (χ0n) is 9.24. The van der Waals surface area contributed by atoms with Gasteiger partial charge in [-0.15, -0.1) is 0 Å². The van der Waals surface area contributed by atoms with Crippen LogP contribution in [0.2, 0.25) is 0 Å². The fourth-order valence-electron chi connectivity index (χ4n) is 1.14. The Balaban J connectivity index is 2.39. The molecule has 0 amide bonds. The SMILES string of the molecule is CC(CC#Cc1ccc(Br)cc1)OCCO. The maximum atomic E-state index is 8.58. The standard InChI is InChI=1S/C13H15BrO2/c1-11(16-10-9-15)3-2-4-12-5-7-13(14)8-6-12/h5-8,11,15H,3,9-10H2,1H3. The Morgan fingerprint density at radius 2 is 2.06 bits per heavy atom. The summed E-state index contributed by atoms with van der Waals surface area (Å²) in [5.41, 5.74) is 0.998. The normalized spacial score (nSPS) is 11.7. The molecule has 0 bridgehead atoms. The van der Waals surface area contributed by atoms with Crippen LogP contribution < -0.4 is 0 Å². The second kappa shape index (κ2) is 7.45. The third kappa shape index (κ3) is 5.32. The minimum atomic E-state index is 0.0600. The first-order valence-electron chi connectivity index (χ1n) is 5.19. The largest absolute Gasteiger partial charge is 0.394 e. The lowest BCUT2D eigenvalue weighted by molar-refractivity contribution is 0.0421. The van der Waals surface area contributed by atoms with Gasteiger partial charge in [0.1, 0.15) is 0 Å². The highest BCUT2D eigenvalue weighted by molar-refractivity contribution is 9.10. The van der Waals surface area contributed by atoms with Crippen LogP contribution in [0.25, 0.3) is 0 Å². The summed E-state index contributed by atoms with van der Waals surface area (Å²) in [6.07, 6.45) is 0.742. The molecule has 3 heteroatoms. The van der Waals surface area contributed by atoms with Gasteiger partial charge in [-0.05, 0) is 31.2 Å². The van der Waals surface area contributed by atoms with Crippen LogP contribution in [0, 0.1) is 11.8 Å². The van der Waals surface area contributed by atoms with E-state index < -0.39 is 0 Å². The molecule has 1 N–H and O–H groups in total. The fraction of sp³-hybridized carbons (Fsp3) is 0.385. The predicted octanol–water partition coefficient (Wildman–Crippen LogP) is 2.59.